The smallest absolute Gasteiger partial charge is 0.408 e. The standard InChI is InChI=1S/C31H37N3O5/c1-20(2)25(22-13-15-23(16-14-22)26-8-6-7-17-32-26)19-33-28(35)24-11-9-21(10-12-24)18-27(29(36)37)34-30(38)39-31(3,4)5/h6-17,20,25,27H,18-19H2,1-5H3,(H,33,35)(H,34,38)(H,36,37). The second-order valence-electron chi connectivity index (χ2n) is 10.8. The van der Waals surface area contributed by atoms with Crippen LogP contribution in [0.4, 0.5) is 4.79 Å². The lowest BCUT2D eigenvalue weighted by Crippen LogP contribution is -2.44. The minimum Gasteiger partial charge on any atom is -0.480 e. The third-order valence-electron chi connectivity index (χ3n) is 6.23. The Morgan fingerprint density at radius 1 is 0.949 bits per heavy atom. The molecule has 3 rings (SSSR count). The maximum atomic E-state index is 12.9. The molecule has 1 heterocycles. The van der Waals surface area contributed by atoms with E-state index in [1.165, 1.54) is 0 Å². The Morgan fingerprint density at radius 2 is 1.62 bits per heavy atom. The number of aromatic nitrogens is 1. The van der Waals surface area contributed by atoms with Gasteiger partial charge in [-0.25, -0.2) is 9.59 Å². The van der Waals surface area contributed by atoms with Crippen molar-refractivity contribution in [3.05, 3.63) is 89.6 Å². The Bertz CT molecular complexity index is 1250. The first-order chi connectivity index (χ1) is 18.4. The molecule has 1 aromatic heterocycles. The third kappa shape index (κ3) is 8.95. The Labute approximate surface area is 229 Å². The molecule has 8 nitrogen and oxygen atoms in total. The fourth-order valence-corrected chi connectivity index (χ4v) is 4.16. The van der Waals surface area contributed by atoms with Gasteiger partial charge < -0.3 is 20.5 Å². The Kier molecular flexibility index (Phi) is 9.82. The van der Waals surface area contributed by atoms with Crippen molar-refractivity contribution in [1.82, 2.24) is 15.6 Å². The van der Waals surface area contributed by atoms with E-state index in [0.717, 1.165) is 16.8 Å². The minimum absolute atomic E-state index is 0.0559. The zero-order valence-electron chi connectivity index (χ0n) is 23.1. The van der Waals surface area contributed by atoms with E-state index in [1.54, 1.807) is 51.2 Å². The minimum atomic E-state index is -1.17. The highest BCUT2D eigenvalue weighted by Crippen LogP contribution is 2.26. The zero-order chi connectivity index (χ0) is 28.6. The molecular formula is C31H37N3O5. The summed E-state index contributed by atoms with van der Waals surface area (Å²) in [6.45, 7) is 9.84. The lowest BCUT2D eigenvalue weighted by Gasteiger charge is -2.22. The molecule has 2 atom stereocenters. The molecule has 3 aromatic rings. The Morgan fingerprint density at radius 3 is 2.15 bits per heavy atom. The Hall–Kier alpha value is -4.20. The summed E-state index contributed by atoms with van der Waals surface area (Å²) in [5.74, 6) is -0.950. The summed E-state index contributed by atoms with van der Waals surface area (Å²) in [4.78, 5) is 40.9. The van der Waals surface area contributed by atoms with Gasteiger partial charge in [0.2, 0.25) is 0 Å². The fraction of sp³-hybridized carbons (Fsp3) is 0.355. The van der Waals surface area contributed by atoms with E-state index in [0.29, 0.717) is 23.6 Å². The van der Waals surface area contributed by atoms with E-state index in [9.17, 15) is 19.5 Å². The number of pyridine rings is 1. The van der Waals surface area contributed by atoms with Crippen molar-refractivity contribution >= 4 is 18.0 Å². The summed E-state index contributed by atoms with van der Waals surface area (Å²) in [5.41, 5.74) is 3.49. The molecule has 39 heavy (non-hydrogen) atoms. The van der Waals surface area contributed by atoms with Gasteiger partial charge in [-0.2, -0.15) is 0 Å². The predicted octanol–water partition coefficient (Wildman–Crippen LogP) is 5.44. The van der Waals surface area contributed by atoms with Crippen LogP contribution in [-0.4, -0.2) is 46.2 Å². The lowest BCUT2D eigenvalue weighted by molar-refractivity contribution is -0.139. The number of nitrogens with zero attached hydrogens (tertiary/aromatic N) is 1. The van der Waals surface area contributed by atoms with Crippen molar-refractivity contribution in [1.29, 1.82) is 0 Å². The summed E-state index contributed by atoms with van der Waals surface area (Å²) in [6, 6.07) is 19.6. The highest BCUT2D eigenvalue weighted by atomic mass is 16.6. The average Bonchev–Trinajstić information content (AvgIpc) is 2.88. The number of rotatable bonds is 10. The van der Waals surface area contributed by atoms with E-state index < -0.39 is 23.7 Å². The number of nitrogens with one attached hydrogen (secondary N) is 2. The van der Waals surface area contributed by atoms with Crippen LogP contribution in [-0.2, 0) is 16.0 Å². The van der Waals surface area contributed by atoms with E-state index in [2.05, 4.69) is 53.7 Å². The molecule has 2 aromatic carbocycles. The van der Waals surface area contributed by atoms with Crippen LogP contribution in [0.2, 0.25) is 0 Å². The average molecular weight is 532 g/mol. The van der Waals surface area contributed by atoms with Crippen LogP contribution in [0.25, 0.3) is 11.3 Å². The number of carboxylic acid groups (broad SMARTS) is 1. The first kappa shape index (κ1) is 29.4. The molecule has 206 valence electrons. The van der Waals surface area contributed by atoms with Gasteiger partial charge in [0, 0.05) is 36.2 Å². The summed E-state index contributed by atoms with van der Waals surface area (Å²) < 4.78 is 5.16. The van der Waals surface area contributed by atoms with Gasteiger partial charge in [-0.1, -0.05) is 56.3 Å². The van der Waals surface area contributed by atoms with Gasteiger partial charge >= 0.3 is 12.1 Å². The first-order valence-corrected chi connectivity index (χ1v) is 13.0. The Balaban J connectivity index is 1.60. The summed E-state index contributed by atoms with van der Waals surface area (Å²) >= 11 is 0. The topological polar surface area (TPSA) is 118 Å². The molecule has 0 aliphatic carbocycles. The molecule has 2 unspecified atom stereocenters. The van der Waals surface area contributed by atoms with Gasteiger partial charge in [-0.15, -0.1) is 0 Å². The molecule has 2 amide bonds. The van der Waals surface area contributed by atoms with Crippen LogP contribution >= 0.6 is 0 Å². The first-order valence-electron chi connectivity index (χ1n) is 13.0. The lowest BCUT2D eigenvalue weighted by atomic mass is 9.87. The SMILES string of the molecule is CC(C)C(CNC(=O)c1ccc(CC(NC(=O)OC(C)(C)C)C(=O)O)cc1)c1ccc(-c2ccccn2)cc1. The third-order valence-corrected chi connectivity index (χ3v) is 6.23. The maximum Gasteiger partial charge on any atom is 0.408 e. The van der Waals surface area contributed by atoms with Gasteiger partial charge in [0.25, 0.3) is 5.91 Å². The van der Waals surface area contributed by atoms with Crippen LogP contribution in [0.3, 0.4) is 0 Å². The summed E-state index contributed by atoms with van der Waals surface area (Å²) in [7, 11) is 0. The van der Waals surface area contributed by atoms with Gasteiger partial charge in [-0.05, 0) is 62.1 Å². The summed E-state index contributed by atoms with van der Waals surface area (Å²) in [6.07, 6.45) is 1.03. The number of hydrogen-bond donors (Lipinski definition) is 3. The van der Waals surface area contributed by atoms with Crippen molar-refractivity contribution < 1.29 is 24.2 Å². The molecule has 3 N–H and O–H groups in total. The molecule has 0 saturated heterocycles. The number of aliphatic carboxylic acids is 1. The molecule has 0 aliphatic rings. The van der Waals surface area contributed by atoms with Crippen molar-refractivity contribution in [3.63, 3.8) is 0 Å². The highest BCUT2D eigenvalue weighted by molar-refractivity contribution is 5.94. The van der Waals surface area contributed by atoms with Crippen LogP contribution in [0, 0.1) is 5.92 Å². The molecule has 0 saturated carbocycles. The van der Waals surface area contributed by atoms with Crippen molar-refractivity contribution in [2.45, 2.75) is 58.6 Å². The van der Waals surface area contributed by atoms with Gasteiger partial charge in [0.1, 0.15) is 11.6 Å². The number of carbonyl (C=O) groups excluding carboxylic acids is 2. The molecule has 0 spiro atoms. The van der Waals surface area contributed by atoms with Crippen molar-refractivity contribution in [2.75, 3.05) is 6.54 Å². The maximum absolute atomic E-state index is 12.9. The van der Waals surface area contributed by atoms with E-state index in [1.807, 2.05) is 18.2 Å². The molecule has 0 bridgehead atoms. The number of alkyl carbamates (subject to hydrolysis) is 1. The van der Waals surface area contributed by atoms with E-state index in [4.69, 9.17) is 4.74 Å². The number of amides is 2. The van der Waals surface area contributed by atoms with Gasteiger partial charge in [0.05, 0.1) is 5.69 Å². The van der Waals surface area contributed by atoms with Crippen LogP contribution in [0.5, 0.6) is 0 Å². The van der Waals surface area contributed by atoms with E-state index in [-0.39, 0.29) is 18.2 Å². The fourth-order valence-electron chi connectivity index (χ4n) is 4.16. The summed E-state index contributed by atoms with van der Waals surface area (Å²) in [5, 5.41) is 14.9. The molecule has 0 fully saturated rings. The molecule has 0 aliphatic heterocycles. The van der Waals surface area contributed by atoms with Crippen LogP contribution in [0.15, 0.2) is 72.9 Å². The molecule has 8 heteroatoms. The normalized spacial score (nSPS) is 12.9. The highest BCUT2D eigenvalue weighted by Gasteiger charge is 2.24. The number of ether oxygens (including phenoxy) is 1. The van der Waals surface area contributed by atoms with Crippen molar-refractivity contribution in [3.8, 4) is 11.3 Å². The van der Waals surface area contributed by atoms with Crippen LogP contribution < -0.4 is 10.6 Å². The van der Waals surface area contributed by atoms with Crippen LogP contribution in [0.1, 0.15) is 62.0 Å². The number of benzene rings is 2. The zero-order valence-corrected chi connectivity index (χ0v) is 23.1. The second kappa shape index (κ2) is 13.0. The quantitative estimate of drug-likeness (QED) is 0.321. The van der Waals surface area contributed by atoms with E-state index >= 15 is 0 Å². The number of hydrogen-bond acceptors (Lipinski definition) is 5. The number of carbonyl (C=O) groups is 3. The monoisotopic (exact) mass is 531 g/mol. The van der Waals surface area contributed by atoms with Gasteiger partial charge in [0.15, 0.2) is 0 Å². The van der Waals surface area contributed by atoms with Crippen molar-refractivity contribution in [2.24, 2.45) is 5.92 Å². The largest absolute Gasteiger partial charge is 0.480 e. The second-order valence-corrected chi connectivity index (χ2v) is 10.8. The molecule has 0 radical (unpaired) electrons. The predicted molar refractivity (Wildman–Crippen MR) is 151 cm³/mol. The van der Waals surface area contributed by atoms with Gasteiger partial charge in [-0.3, -0.25) is 9.78 Å². The number of carboxylic acids is 1. The molecular weight excluding hydrogens is 494 g/mol.